The highest BCUT2D eigenvalue weighted by atomic mass is 16.2. The van der Waals surface area contributed by atoms with Crippen molar-refractivity contribution in [2.45, 2.75) is 44.7 Å². The van der Waals surface area contributed by atoms with Gasteiger partial charge in [-0.15, -0.1) is 0 Å². The SMILES string of the molecule is Cc1[nH]ccc1C(=O)N1CC(=O)N[C@H]2CCCC[C@H]21. The predicted molar refractivity (Wildman–Crippen MR) is 70.8 cm³/mol. The maximum Gasteiger partial charge on any atom is 0.256 e. The number of hydrogen-bond acceptors (Lipinski definition) is 2. The number of piperazine rings is 1. The Bertz CT molecular complexity index is 509. The molecule has 2 aliphatic rings. The number of aromatic nitrogens is 1. The van der Waals surface area contributed by atoms with Crippen LogP contribution in [0.4, 0.5) is 0 Å². The second-order valence-corrected chi connectivity index (χ2v) is 5.48. The van der Waals surface area contributed by atoms with Gasteiger partial charge >= 0.3 is 0 Å². The quantitative estimate of drug-likeness (QED) is 0.798. The zero-order valence-corrected chi connectivity index (χ0v) is 11.1. The summed E-state index contributed by atoms with van der Waals surface area (Å²) in [5.41, 5.74) is 1.54. The van der Waals surface area contributed by atoms with Crippen LogP contribution >= 0.6 is 0 Å². The molecule has 1 aromatic rings. The van der Waals surface area contributed by atoms with Crippen LogP contribution in [-0.2, 0) is 4.79 Å². The van der Waals surface area contributed by atoms with E-state index in [0.717, 1.165) is 31.4 Å². The summed E-state index contributed by atoms with van der Waals surface area (Å²) in [6.07, 6.45) is 6.00. The molecule has 0 radical (unpaired) electrons. The van der Waals surface area contributed by atoms with E-state index < -0.39 is 0 Å². The largest absolute Gasteiger partial charge is 0.365 e. The normalized spacial score (nSPS) is 26.8. The fourth-order valence-electron chi connectivity index (χ4n) is 3.24. The summed E-state index contributed by atoms with van der Waals surface area (Å²) in [4.78, 5) is 29.2. The third kappa shape index (κ3) is 2.13. The van der Waals surface area contributed by atoms with Gasteiger partial charge in [-0.1, -0.05) is 12.8 Å². The average Bonchev–Trinajstić information content (AvgIpc) is 2.83. The number of H-pyrrole nitrogens is 1. The van der Waals surface area contributed by atoms with E-state index in [0.29, 0.717) is 5.56 Å². The molecular weight excluding hydrogens is 242 g/mol. The molecule has 5 heteroatoms. The molecule has 0 bridgehead atoms. The van der Waals surface area contributed by atoms with E-state index in [1.54, 1.807) is 17.2 Å². The Morgan fingerprint density at radius 3 is 2.89 bits per heavy atom. The zero-order valence-electron chi connectivity index (χ0n) is 11.1. The van der Waals surface area contributed by atoms with Crippen molar-refractivity contribution in [2.75, 3.05) is 6.54 Å². The molecule has 19 heavy (non-hydrogen) atoms. The molecule has 0 aromatic carbocycles. The molecule has 102 valence electrons. The first-order chi connectivity index (χ1) is 9.16. The molecular formula is C14H19N3O2. The molecule has 2 heterocycles. The van der Waals surface area contributed by atoms with Crippen LogP contribution < -0.4 is 5.32 Å². The lowest BCUT2D eigenvalue weighted by Gasteiger charge is -2.43. The highest BCUT2D eigenvalue weighted by Gasteiger charge is 2.39. The van der Waals surface area contributed by atoms with Gasteiger partial charge in [-0.3, -0.25) is 9.59 Å². The number of aryl methyl sites for hydroxylation is 1. The maximum atomic E-state index is 12.6. The second kappa shape index (κ2) is 4.72. The molecule has 5 nitrogen and oxygen atoms in total. The number of aromatic amines is 1. The Hall–Kier alpha value is -1.78. The number of nitrogens with one attached hydrogen (secondary N) is 2. The highest BCUT2D eigenvalue weighted by molar-refractivity contribution is 5.98. The lowest BCUT2D eigenvalue weighted by atomic mass is 9.87. The minimum Gasteiger partial charge on any atom is -0.365 e. The number of fused-ring (bicyclic) bond motifs is 1. The lowest BCUT2D eigenvalue weighted by Crippen LogP contribution is -2.62. The zero-order chi connectivity index (χ0) is 13.4. The van der Waals surface area contributed by atoms with Gasteiger partial charge in [0.15, 0.2) is 0 Å². The molecule has 2 amide bonds. The molecule has 1 saturated heterocycles. The van der Waals surface area contributed by atoms with Crippen LogP contribution in [0.2, 0.25) is 0 Å². The fourth-order valence-corrected chi connectivity index (χ4v) is 3.24. The van der Waals surface area contributed by atoms with Gasteiger partial charge in [-0.25, -0.2) is 0 Å². The summed E-state index contributed by atoms with van der Waals surface area (Å²) in [7, 11) is 0. The Morgan fingerprint density at radius 2 is 2.16 bits per heavy atom. The van der Waals surface area contributed by atoms with Crippen molar-refractivity contribution < 1.29 is 9.59 Å². The van der Waals surface area contributed by atoms with E-state index in [9.17, 15) is 9.59 Å². The molecule has 1 saturated carbocycles. The van der Waals surface area contributed by atoms with Gasteiger partial charge in [0.1, 0.15) is 6.54 Å². The van der Waals surface area contributed by atoms with Crippen LogP contribution in [-0.4, -0.2) is 40.3 Å². The van der Waals surface area contributed by atoms with Gasteiger partial charge in [0, 0.05) is 17.9 Å². The lowest BCUT2D eigenvalue weighted by molar-refractivity contribution is -0.127. The molecule has 3 rings (SSSR count). The van der Waals surface area contributed by atoms with Crippen molar-refractivity contribution in [1.82, 2.24) is 15.2 Å². The summed E-state index contributed by atoms with van der Waals surface area (Å²) in [5.74, 6) is -0.0600. The van der Waals surface area contributed by atoms with Gasteiger partial charge in [0.05, 0.1) is 11.6 Å². The summed E-state index contributed by atoms with van der Waals surface area (Å²) >= 11 is 0. The van der Waals surface area contributed by atoms with Gasteiger partial charge in [0.25, 0.3) is 5.91 Å². The van der Waals surface area contributed by atoms with Crippen LogP contribution in [0, 0.1) is 6.92 Å². The summed E-state index contributed by atoms with van der Waals surface area (Å²) in [6, 6.07) is 2.09. The number of carbonyl (C=O) groups excluding carboxylic acids is 2. The van der Waals surface area contributed by atoms with Gasteiger partial charge in [0.2, 0.25) is 5.91 Å². The van der Waals surface area contributed by atoms with Gasteiger partial charge < -0.3 is 15.2 Å². The minimum atomic E-state index is -0.0373. The first kappa shape index (κ1) is 12.3. The molecule has 0 unspecified atom stereocenters. The molecule has 2 atom stereocenters. The Kier molecular flexibility index (Phi) is 3.05. The van der Waals surface area contributed by atoms with Crippen LogP contribution in [0.3, 0.4) is 0 Å². The fraction of sp³-hybridized carbons (Fsp3) is 0.571. The monoisotopic (exact) mass is 261 g/mol. The van der Waals surface area contributed by atoms with E-state index in [2.05, 4.69) is 10.3 Å². The molecule has 1 aliphatic heterocycles. The van der Waals surface area contributed by atoms with E-state index in [1.165, 1.54) is 0 Å². The van der Waals surface area contributed by atoms with Crippen molar-refractivity contribution in [2.24, 2.45) is 0 Å². The van der Waals surface area contributed by atoms with Crippen LogP contribution in [0.1, 0.15) is 41.7 Å². The number of nitrogens with zero attached hydrogens (tertiary/aromatic N) is 1. The van der Waals surface area contributed by atoms with Crippen molar-refractivity contribution in [3.05, 3.63) is 23.5 Å². The first-order valence-electron chi connectivity index (χ1n) is 6.91. The Balaban J connectivity index is 1.87. The van der Waals surface area contributed by atoms with Crippen LogP contribution in [0.5, 0.6) is 0 Å². The van der Waals surface area contributed by atoms with Gasteiger partial charge in [-0.2, -0.15) is 0 Å². The molecule has 0 spiro atoms. The number of hydrogen-bond donors (Lipinski definition) is 2. The van der Waals surface area contributed by atoms with Crippen molar-refractivity contribution in [3.8, 4) is 0 Å². The predicted octanol–water partition coefficient (Wildman–Crippen LogP) is 1.21. The first-order valence-corrected chi connectivity index (χ1v) is 6.91. The highest BCUT2D eigenvalue weighted by Crippen LogP contribution is 2.27. The average molecular weight is 261 g/mol. The van der Waals surface area contributed by atoms with E-state index in [-0.39, 0.29) is 30.4 Å². The summed E-state index contributed by atoms with van der Waals surface area (Å²) < 4.78 is 0. The summed E-state index contributed by atoms with van der Waals surface area (Å²) in [5, 5.41) is 3.02. The van der Waals surface area contributed by atoms with Gasteiger partial charge in [-0.05, 0) is 25.8 Å². The third-order valence-electron chi connectivity index (χ3n) is 4.24. The van der Waals surface area contributed by atoms with Crippen molar-refractivity contribution >= 4 is 11.8 Å². The van der Waals surface area contributed by atoms with E-state index in [4.69, 9.17) is 0 Å². The molecule has 1 aliphatic carbocycles. The van der Waals surface area contributed by atoms with Crippen molar-refractivity contribution in [3.63, 3.8) is 0 Å². The van der Waals surface area contributed by atoms with Crippen LogP contribution in [0.15, 0.2) is 12.3 Å². The number of carbonyl (C=O) groups is 2. The molecule has 2 fully saturated rings. The second-order valence-electron chi connectivity index (χ2n) is 5.48. The van der Waals surface area contributed by atoms with E-state index in [1.807, 2.05) is 6.92 Å². The Labute approximate surface area is 112 Å². The molecule has 1 aromatic heterocycles. The standard InChI is InChI=1S/C14H19N3O2/c1-9-10(6-7-15-9)14(19)17-8-13(18)16-11-4-2-3-5-12(11)17/h6-7,11-12,15H,2-5,8H2,1H3,(H,16,18)/t11-,12+/m0/s1. The van der Waals surface area contributed by atoms with Crippen molar-refractivity contribution in [1.29, 1.82) is 0 Å². The number of amides is 2. The van der Waals surface area contributed by atoms with E-state index >= 15 is 0 Å². The summed E-state index contributed by atoms with van der Waals surface area (Å²) in [6.45, 7) is 2.07. The van der Waals surface area contributed by atoms with Crippen LogP contribution in [0.25, 0.3) is 0 Å². The maximum absolute atomic E-state index is 12.6. The topological polar surface area (TPSA) is 65.2 Å². The third-order valence-corrected chi connectivity index (χ3v) is 4.24. The molecule has 2 N–H and O–H groups in total. The smallest absolute Gasteiger partial charge is 0.256 e. The minimum absolute atomic E-state index is 0.0227. The number of rotatable bonds is 1. The Morgan fingerprint density at radius 1 is 1.37 bits per heavy atom.